The van der Waals surface area contributed by atoms with Crippen LogP contribution in [0.25, 0.3) is 0 Å². The van der Waals surface area contributed by atoms with E-state index >= 15 is 0 Å². The Kier molecular flexibility index (Phi) is 6.10. The second-order valence-electron chi connectivity index (χ2n) is 6.02. The van der Waals surface area contributed by atoms with Crippen LogP contribution in [-0.4, -0.2) is 53.8 Å². The van der Waals surface area contributed by atoms with Gasteiger partial charge in [-0.15, -0.1) is 0 Å². The quantitative estimate of drug-likeness (QED) is 0.916. The van der Waals surface area contributed by atoms with Crippen LogP contribution in [0.1, 0.15) is 36.5 Å². The molecule has 126 valence electrons. The molecule has 1 fully saturated rings. The Morgan fingerprint density at radius 3 is 2.52 bits per heavy atom. The number of carbonyl (C=O) groups excluding carboxylic acids is 2. The Hall–Kier alpha value is -1.95. The van der Waals surface area contributed by atoms with Crippen LogP contribution in [0.15, 0.2) is 24.3 Å². The van der Waals surface area contributed by atoms with Gasteiger partial charge in [0.1, 0.15) is 5.82 Å². The van der Waals surface area contributed by atoms with Gasteiger partial charge in [0, 0.05) is 38.6 Å². The number of halogens is 1. The summed E-state index contributed by atoms with van der Waals surface area (Å²) >= 11 is 0. The van der Waals surface area contributed by atoms with E-state index in [1.807, 2.05) is 6.92 Å². The number of nitrogens with zero attached hydrogens (tertiary/aromatic N) is 2. The number of hydrogen-bond donors (Lipinski definition) is 1. The third kappa shape index (κ3) is 4.76. The van der Waals surface area contributed by atoms with E-state index in [-0.39, 0.29) is 23.4 Å². The molecule has 2 amide bonds. The lowest BCUT2D eigenvalue weighted by Gasteiger charge is -2.22. The maximum absolute atomic E-state index is 13.8. The van der Waals surface area contributed by atoms with Crippen LogP contribution in [-0.2, 0) is 4.79 Å². The zero-order valence-corrected chi connectivity index (χ0v) is 13.5. The van der Waals surface area contributed by atoms with Gasteiger partial charge in [-0.25, -0.2) is 4.39 Å². The van der Waals surface area contributed by atoms with Crippen molar-refractivity contribution in [3.8, 4) is 0 Å². The average molecular weight is 321 g/mol. The highest BCUT2D eigenvalue weighted by atomic mass is 19.1. The lowest BCUT2D eigenvalue weighted by molar-refractivity contribution is -0.131. The van der Waals surface area contributed by atoms with Gasteiger partial charge >= 0.3 is 0 Å². The second kappa shape index (κ2) is 8.06. The number of amides is 2. The minimum atomic E-state index is -0.508. The first-order valence-corrected chi connectivity index (χ1v) is 8.06. The van der Waals surface area contributed by atoms with Crippen LogP contribution >= 0.6 is 0 Å². The van der Waals surface area contributed by atoms with Crippen molar-refractivity contribution in [2.75, 3.05) is 26.2 Å². The highest BCUT2D eigenvalue weighted by molar-refractivity contribution is 5.94. The van der Waals surface area contributed by atoms with E-state index in [0.717, 1.165) is 0 Å². The minimum absolute atomic E-state index is 0.00469. The van der Waals surface area contributed by atoms with Gasteiger partial charge in [0.25, 0.3) is 5.91 Å². The molecule has 0 aromatic heterocycles. The molecule has 0 bridgehead atoms. The molecule has 1 saturated heterocycles. The van der Waals surface area contributed by atoms with E-state index in [2.05, 4.69) is 0 Å². The largest absolute Gasteiger partial charge is 0.341 e. The second-order valence-corrected chi connectivity index (χ2v) is 6.02. The number of rotatable bonds is 4. The molecule has 1 aliphatic rings. The van der Waals surface area contributed by atoms with E-state index in [1.165, 1.54) is 12.1 Å². The van der Waals surface area contributed by atoms with E-state index in [4.69, 9.17) is 5.73 Å². The van der Waals surface area contributed by atoms with Crippen LogP contribution in [0.2, 0.25) is 0 Å². The summed E-state index contributed by atoms with van der Waals surface area (Å²) in [6.07, 6.45) is 1.79. The first kappa shape index (κ1) is 17.4. The van der Waals surface area contributed by atoms with Crippen molar-refractivity contribution in [3.63, 3.8) is 0 Å². The summed E-state index contributed by atoms with van der Waals surface area (Å²) in [6, 6.07) is 6.00. The number of nitrogens with two attached hydrogens (primary N) is 1. The lowest BCUT2D eigenvalue weighted by Crippen LogP contribution is -2.38. The lowest BCUT2D eigenvalue weighted by atomic mass is 10.2. The Morgan fingerprint density at radius 2 is 1.83 bits per heavy atom. The summed E-state index contributed by atoms with van der Waals surface area (Å²) in [5, 5.41) is 0. The molecule has 1 unspecified atom stereocenters. The fraction of sp³-hybridized carbons (Fsp3) is 0.529. The first-order valence-electron chi connectivity index (χ1n) is 8.06. The Morgan fingerprint density at radius 1 is 1.17 bits per heavy atom. The molecular weight excluding hydrogens is 297 g/mol. The van der Waals surface area contributed by atoms with Crippen molar-refractivity contribution in [3.05, 3.63) is 35.6 Å². The molecule has 5 nitrogen and oxygen atoms in total. The fourth-order valence-corrected chi connectivity index (χ4v) is 2.68. The Bertz CT molecular complexity index is 563. The van der Waals surface area contributed by atoms with Crippen molar-refractivity contribution < 1.29 is 14.0 Å². The van der Waals surface area contributed by atoms with E-state index < -0.39 is 5.82 Å². The van der Waals surface area contributed by atoms with Crippen molar-refractivity contribution in [1.82, 2.24) is 9.80 Å². The summed E-state index contributed by atoms with van der Waals surface area (Å²) < 4.78 is 13.8. The predicted octanol–water partition coefficient (Wildman–Crippen LogP) is 1.63. The van der Waals surface area contributed by atoms with Crippen LogP contribution in [0.3, 0.4) is 0 Å². The smallest absolute Gasteiger partial charge is 0.256 e. The summed E-state index contributed by atoms with van der Waals surface area (Å²) in [7, 11) is 0. The summed E-state index contributed by atoms with van der Waals surface area (Å²) in [5.74, 6) is -0.748. The molecule has 1 aromatic carbocycles. The highest BCUT2D eigenvalue weighted by Crippen LogP contribution is 2.13. The molecule has 1 aromatic rings. The Labute approximate surface area is 136 Å². The molecule has 0 radical (unpaired) electrons. The predicted molar refractivity (Wildman–Crippen MR) is 86.4 cm³/mol. The van der Waals surface area contributed by atoms with Crippen molar-refractivity contribution >= 4 is 11.8 Å². The van der Waals surface area contributed by atoms with Gasteiger partial charge in [-0.3, -0.25) is 9.59 Å². The number of carbonyl (C=O) groups is 2. The molecule has 2 rings (SSSR count). The van der Waals surface area contributed by atoms with Gasteiger partial charge in [0.2, 0.25) is 5.91 Å². The van der Waals surface area contributed by atoms with Gasteiger partial charge in [0.05, 0.1) is 5.56 Å². The first-order chi connectivity index (χ1) is 11.0. The van der Waals surface area contributed by atoms with Crippen molar-refractivity contribution in [2.45, 2.75) is 32.2 Å². The topological polar surface area (TPSA) is 66.6 Å². The summed E-state index contributed by atoms with van der Waals surface area (Å²) in [5.41, 5.74) is 5.77. The number of benzene rings is 1. The maximum atomic E-state index is 13.8. The molecular formula is C17H24FN3O2. The third-order valence-corrected chi connectivity index (χ3v) is 4.05. The molecule has 0 spiro atoms. The molecule has 1 atom stereocenters. The Balaban J connectivity index is 1.94. The highest BCUT2D eigenvalue weighted by Gasteiger charge is 2.24. The third-order valence-electron chi connectivity index (χ3n) is 4.05. The van der Waals surface area contributed by atoms with Crippen LogP contribution in [0.4, 0.5) is 4.39 Å². The molecule has 23 heavy (non-hydrogen) atoms. The molecule has 6 heteroatoms. The zero-order valence-electron chi connectivity index (χ0n) is 13.5. The van der Waals surface area contributed by atoms with Crippen molar-refractivity contribution in [1.29, 1.82) is 0 Å². The van der Waals surface area contributed by atoms with E-state index in [9.17, 15) is 14.0 Å². The van der Waals surface area contributed by atoms with Gasteiger partial charge in [-0.2, -0.15) is 0 Å². The number of hydrogen-bond acceptors (Lipinski definition) is 3. The van der Waals surface area contributed by atoms with Gasteiger partial charge < -0.3 is 15.5 Å². The van der Waals surface area contributed by atoms with E-state index in [1.54, 1.807) is 21.9 Å². The molecule has 0 aliphatic carbocycles. The normalized spacial score (nSPS) is 16.8. The van der Waals surface area contributed by atoms with Gasteiger partial charge in [-0.1, -0.05) is 12.1 Å². The summed E-state index contributed by atoms with van der Waals surface area (Å²) in [4.78, 5) is 28.0. The molecule has 2 N–H and O–H groups in total. The monoisotopic (exact) mass is 321 g/mol. The van der Waals surface area contributed by atoms with E-state index in [0.29, 0.717) is 45.4 Å². The molecule has 1 aliphatic heterocycles. The average Bonchev–Trinajstić information content (AvgIpc) is 2.78. The standard InChI is InChI=1S/C17H24FN3O2/c1-13(19)7-8-16(22)20-9-4-10-21(12-11-20)17(23)14-5-2-3-6-15(14)18/h2-3,5-6,13H,4,7-12,19H2,1H3. The fourth-order valence-electron chi connectivity index (χ4n) is 2.68. The SMILES string of the molecule is CC(N)CCC(=O)N1CCCN(C(=O)c2ccccc2F)CC1. The van der Waals surface area contributed by atoms with Gasteiger partial charge in [-0.05, 0) is 31.9 Å². The molecule has 0 saturated carbocycles. The summed E-state index contributed by atoms with van der Waals surface area (Å²) in [6.45, 7) is 3.95. The van der Waals surface area contributed by atoms with Crippen LogP contribution < -0.4 is 5.73 Å². The zero-order chi connectivity index (χ0) is 16.8. The van der Waals surface area contributed by atoms with Crippen molar-refractivity contribution in [2.24, 2.45) is 5.73 Å². The van der Waals surface area contributed by atoms with Gasteiger partial charge in [0.15, 0.2) is 0 Å². The van der Waals surface area contributed by atoms with Crippen LogP contribution in [0.5, 0.6) is 0 Å². The molecule has 1 heterocycles. The minimum Gasteiger partial charge on any atom is -0.341 e. The maximum Gasteiger partial charge on any atom is 0.256 e. The van der Waals surface area contributed by atoms with Crippen LogP contribution in [0, 0.1) is 5.82 Å².